The van der Waals surface area contributed by atoms with Gasteiger partial charge in [0.05, 0.1) is 7.11 Å². The topological polar surface area (TPSA) is 47.0 Å². The Kier molecular flexibility index (Phi) is 6.78. The second kappa shape index (κ2) is 10.1. The minimum Gasteiger partial charge on any atom is -0.497 e. The van der Waals surface area contributed by atoms with Crippen molar-refractivity contribution in [2.24, 2.45) is 0 Å². The molecule has 3 aromatic carbocycles. The summed E-state index contributed by atoms with van der Waals surface area (Å²) in [5.74, 6) is 1.65. The standard InChI is InChI=1S/C27H29N3O/c1-3-4-5-8-20-11-15-22(16-12-20)26-24-9-6-7-10-25(24)27(30-29-26)28-19-21-13-17-23(31-2)18-14-21/h6-7,9-18H,3-5,8,19H2,1-2H3,(H,28,30). The summed E-state index contributed by atoms with van der Waals surface area (Å²) in [7, 11) is 1.68. The Balaban J connectivity index is 1.56. The van der Waals surface area contributed by atoms with E-state index < -0.39 is 0 Å². The van der Waals surface area contributed by atoms with Crippen LogP contribution in [-0.4, -0.2) is 17.3 Å². The van der Waals surface area contributed by atoms with Crippen LogP contribution in [0, 0.1) is 0 Å². The first-order valence-electron chi connectivity index (χ1n) is 11.0. The zero-order valence-corrected chi connectivity index (χ0v) is 18.3. The first kappa shape index (κ1) is 20.9. The van der Waals surface area contributed by atoms with Crippen molar-refractivity contribution in [2.75, 3.05) is 12.4 Å². The number of methoxy groups -OCH3 is 1. The first-order chi connectivity index (χ1) is 15.3. The molecule has 4 rings (SSSR count). The smallest absolute Gasteiger partial charge is 0.156 e. The molecule has 0 fully saturated rings. The molecule has 0 radical (unpaired) electrons. The summed E-state index contributed by atoms with van der Waals surface area (Å²) in [5.41, 5.74) is 4.57. The van der Waals surface area contributed by atoms with Crippen molar-refractivity contribution in [3.05, 3.63) is 83.9 Å². The maximum Gasteiger partial charge on any atom is 0.156 e. The third-order valence-corrected chi connectivity index (χ3v) is 5.60. The lowest BCUT2D eigenvalue weighted by Crippen LogP contribution is -2.04. The number of unbranched alkanes of at least 4 members (excludes halogenated alkanes) is 2. The highest BCUT2D eigenvalue weighted by Crippen LogP contribution is 2.30. The number of ether oxygens (including phenoxy) is 1. The maximum absolute atomic E-state index is 5.23. The normalized spacial score (nSPS) is 10.9. The van der Waals surface area contributed by atoms with Gasteiger partial charge in [-0.1, -0.05) is 80.4 Å². The summed E-state index contributed by atoms with van der Waals surface area (Å²) in [6.45, 7) is 2.91. The van der Waals surface area contributed by atoms with Gasteiger partial charge in [-0.3, -0.25) is 0 Å². The Morgan fingerprint density at radius 3 is 2.19 bits per heavy atom. The predicted molar refractivity (Wildman–Crippen MR) is 129 cm³/mol. The fourth-order valence-corrected chi connectivity index (χ4v) is 3.79. The molecule has 4 aromatic rings. The average molecular weight is 412 g/mol. The van der Waals surface area contributed by atoms with Gasteiger partial charge in [0.15, 0.2) is 5.82 Å². The molecular formula is C27H29N3O. The Hall–Kier alpha value is -3.40. The minimum atomic E-state index is 0.675. The molecule has 1 heterocycles. The number of aryl methyl sites for hydroxylation is 1. The molecule has 0 aliphatic heterocycles. The van der Waals surface area contributed by atoms with Gasteiger partial charge < -0.3 is 10.1 Å². The van der Waals surface area contributed by atoms with Crippen molar-refractivity contribution in [3.8, 4) is 17.0 Å². The first-order valence-corrected chi connectivity index (χ1v) is 11.0. The van der Waals surface area contributed by atoms with E-state index in [4.69, 9.17) is 4.74 Å². The average Bonchev–Trinajstić information content (AvgIpc) is 2.83. The Morgan fingerprint density at radius 1 is 0.774 bits per heavy atom. The molecule has 1 N–H and O–H groups in total. The van der Waals surface area contributed by atoms with Gasteiger partial charge in [-0.05, 0) is 36.1 Å². The lowest BCUT2D eigenvalue weighted by atomic mass is 10.0. The Morgan fingerprint density at radius 2 is 1.48 bits per heavy atom. The van der Waals surface area contributed by atoms with Crippen LogP contribution in [0.1, 0.15) is 37.3 Å². The molecule has 158 valence electrons. The van der Waals surface area contributed by atoms with E-state index in [9.17, 15) is 0 Å². The van der Waals surface area contributed by atoms with Crippen molar-refractivity contribution in [3.63, 3.8) is 0 Å². The van der Waals surface area contributed by atoms with Crippen LogP contribution in [0.15, 0.2) is 72.8 Å². The highest BCUT2D eigenvalue weighted by molar-refractivity contribution is 6.00. The molecule has 0 amide bonds. The van der Waals surface area contributed by atoms with E-state index in [1.807, 2.05) is 18.2 Å². The largest absolute Gasteiger partial charge is 0.497 e. The zero-order chi connectivity index (χ0) is 21.5. The zero-order valence-electron chi connectivity index (χ0n) is 18.3. The summed E-state index contributed by atoms with van der Waals surface area (Å²) in [6, 6.07) is 25.1. The summed E-state index contributed by atoms with van der Waals surface area (Å²) in [4.78, 5) is 0. The van der Waals surface area contributed by atoms with Crippen molar-refractivity contribution in [1.82, 2.24) is 10.2 Å². The lowest BCUT2D eigenvalue weighted by Gasteiger charge is -2.12. The number of hydrogen-bond acceptors (Lipinski definition) is 4. The van der Waals surface area contributed by atoms with Crippen LogP contribution in [0.4, 0.5) is 5.82 Å². The Labute approximate surface area is 184 Å². The summed E-state index contributed by atoms with van der Waals surface area (Å²) < 4.78 is 5.23. The molecule has 0 saturated heterocycles. The van der Waals surface area contributed by atoms with Gasteiger partial charge in [0.1, 0.15) is 11.4 Å². The van der Waals surface area contributed by atoms with Crippen molar-refractivity contribution < 1.29 is 4.74 Å². The van der Waals surface area contributed by atoms with Crippen molar-refractivity contribution in [2.45, 2.75) is 39.2 Å². The summed E-state index contributed by atoms with van der Waals surface area (Å²) in [6.07, 6.45) is 4.91. The monoisotopic (exact) mass is 411 g/mol. The SMILES string of the molecule is CCCCCc1ccc(-c2nnc(NCc3ccc(OC)cc3)c3ccccc23)cc1. The van der Waals surface area contributed by atoms with Crippen LogP contribution in [0.3, 0.4) is 0 Å². The fourth-order valence-electron chi connectivity index (χ4n) is 3.79. The molecule has 0 spiro atoms. The van der Waals surface area contributed by atoms with E-state index in [0.717, 1.165) is 45.6 Å². The molecule has 0 aliphatic rings. The molecule has 4 nitrogen and oxygen atoms in total. The minimum absolute atomic E-state index is 0.675. The highest BCUT2D eigenvalue weighted by Gasteiger charge is 2.11. The van der Waals surface area contributed by atoms with E-state index in [2.05, 4.69) is 77.0 Å². The fraction of sp³-hybridized carbons (Fsp3) is 0.259. The van der Waals surface area contributed by atoms with Gasteiger partial charge >= 0.3 is 0 Å². The van der Waals surface area contributed by atoms with E-state index in [1.54, 1.807) is 7.11 Å². The molecule has 0 bridgehead atoms. The van der Waals surface area contributed by atoms with Gasteiger partial charge in [-0.15, -0.1) is 10.2 Å². The van der Waals surface area contributed by atoms with Crippen LogP contribution in [-0.2, 0) is 13.0 Å². The lowest BCUT2D eigenvalue weighted by molar-refractivity contribution is 0.414. The van der Waals surface area contributed by atoms with Gasteiger partial charge in [-0.2, -0.15) is 0 Å². The van der Waals surface area contributed by atoms with Gasteiger partial charge in [0, 0.05) is 22.9 Å². The second-order valence-electron chi connectivity index (χ2n) is 7.80. The quantitative estimate of drug-likeness (QED) is 0.313. The molecule has 4 heteroatoms. The predicted octanol–water partition coefficient (Wildman–Crippen LogP) is 6.65. The van der Waals surface area contributed by atoms with E-state index >= 15 is 0 Å². The number of anilines is 1. The number of rotatable bonds is 9. The number of nitrogens with one attached hydrogen (secondary N) is 1. The summed E-state index contributed by atoms with van der Waals surface area (Å²) in [5, 5.41) is 14.7. The highest BCUT2D eigenvalue weighted by atomic mass is 16.5. The van der Waals surface area contributed by atoms with Gasteiger partial charge in [-0.25, -0.2) is 0 Å². The molecule has 0 saturated carbocycles. The second-order valence-corrected chi connectivity index (χ2v) is 7.80. The molecular weight excluding hydrogens is 382 g/mol. The Bertz CT molecular complexity index is 1120. The van der Waals surface area contributed by atoms with Crippen molar-refractivity contribution in [1.29, 1.82) is 0 Å². The van der Waals surface area contributed by atoms with Crippen LogP contribution in [0.25, 0.3) is 22.0 Å². The van der Waals surface area contributed by atoms with E-state index in [0.29, 0.717) is 6.54 Å². The molecule has 31 heavy (non-hydrogen) atoms. The van der Waals surface area contributed by atoms with Crippen molar-refractivity contribution >= 4 is 16.6 Å². The maximum atomic E-state index is 5.23. The number of fused-ring (bicyclic) bond motifs is 1. The molecule has 1 aromatic heterocycles. The number of aromatic nitrogens is 2. The molecule has 0 aliphatic carbocycles. The number of nitrogens with zero attached hydrogens (tertiary/aromatic N) is 2. The van der Waals surface area contributed by atoms with E-state index in [1.165, 1.54) is 24.8 Å². The summed E-state index contributed by atoms with van der Waals surface area (Å²) >= 11 is 0. The van der Waals surface area contributed by atoms with E-state index in [-0.39, 0.29) is 0 Å². The van der Waals surface area contributed by atoms with Crippen LogP contribution < -0.4 is 10.1 Å². The van der Waals surface area contributed by atoms with Crippen LogP contribution in [0.5, 0.6) is 5.75 Å². The number of hydrogen-bond donors (Lipinski definition) is 1. The molecule has 0 unspecified atom stereocenters. The van der Waals surface area contributed by atoms with Crippen LogP contribution >= 0.6 is 0 Å². The number of benzene rings is 3. The van der Waals surface area contributed by atoms with Crippen LogP contribution in [0.2, 0.25) is 0 Å². The third-order valence-electron chi connectivity index (χ3n) is 5.60. The molecule has 0 atom stereocenters. The van der Waals surface area contributed by atoms with Gasteiger partial charge in [0.2, 0.25) is 0 Å². The third kappa shape index (κ3) is 5.02. The van der Waals surface area contributed by atoms with Gasteiger partial charge in [0.25, 0.3) is 0 Å².